The summed E-state index contributed by atoms with van der Waals surface area (Å²) in [6, 6.07) is 3.62. The van der Waals surface area contributed by atoms with Gasteiger partial charge < -0.3 is 5.73 Å². The van der Waals surface area contributed by atoms with Crippen molar-refractivity contribution in [3.05, 3.63) is 33.8 Å². The molecule has 2 aromatic heterocycles. The van der Waals surface area contributed by atoms with Crippen LogP contribution in [0.2, 0.25) is 0 Å². The van der Waals surface area contributed by atoms with Gasteiger partial charge in [0.25, 0.3) is 0 Å². The van der Waals surface area contributed by atoms with Crippen molar-refractivity contribution in [2.75, 3.05) is 6.54 Å². The van der Waals surface area contributed by atoms with Crippen molar-refractivity contribution in [3.63, 3.8) is 0 Å². The minimum Gasteiger partial charge on any atom is -0.326 e. The minimum atomic E-state index is -3.43. The fourth-order valence-corrected chi connectivity index (χ4v) is 4.26. The summed E-state index contributed by atoms with van der Waals surface area (Å²) >= 11 is 1.36. The maximum absolute atomic E-state index is 12.1. The molecule has 0 aliphatic heterocycles. The molecule has 0 radical (unpaired) electrons. The summed E-state index contributed by atoms with van der Waals surface area (Å²) < 4.78 is 28.6. The standard InChI is InChI=1S/C13H20N4O2S2/c1-10-6-11(2)17(16-10)5-3-4-15-21(18,19)13-7-12(8-14)20-9-13/h6-7,9,15H,3-5,8,14H2,1-2H3. The smallest absolute Gasteiger partial charge is 0.241 e. The van der Waals surface area contributed by atoms with Gasteiger partial charge in [0.1, 0.15) is 0 Å². The van der Waals surface area contributed by atoms with Gasteiger partial charge in [0.05, 0.1) is 10.6 Å². The molecule has 0 saturated heterocycles. The predicted molar refractivity (Wildman–Crippen MR) is 83.7 cm³/mol. The Morgan fingerprint density at radius 3 is 2.71 bits per heavy atom. The lowest BCUT2D eigenvalue weighted by molar-refractivity contribution is 0.544. The van der Waals surface area contributed by atoms with Crippen LogP contribution in [0.3, 0.4) is 0 Å². The monoisotopic (exact) mass is 328 g/mol. The molecule has 0 amide bonds. The largest absolute Gasteiger partial charge is 0.326 e. The normalized spacial score (nSPS) is 12.0. The van der Waals surface area contributed by atoms with Crippen molar-refractivity contribution in [3.8, 4) is 0 Å². The van der Waals surface area contributed by atoms with E-state index in [9.17, 15) is 8.42 Å². The van der Waals surface area contributed by atoms with E-state index < -0.39 is 10.0 Å². The van der Waals surface area contributed by atoms with Gasteiger partial charge in [0.2, 0.25) is 10.0 Å². The van der Waals surface area contributed by atoms with E-state index in [4.69, 9.17) is 5.73 Å². The Hall–Kier alpha value is -1.22. The summed E-state index contributed by atoms with van der Waals surface area (Å²) in [6.07, 6.45) is 0.690. The van der Waals surface area contributed by atoms with Crippen LogP contribution in [0.15, 0.2) is 22.4 Å². The molecule has 21 heavy (non-hydrogen) atoms. The molecule has 0 aliphatic carbocycles. The van der Waals surface area contributed by atoms with E-state index >= 15 is 0 Å². The Labute approximate surface area is 129 Å². The van der Waals surface area contributed by atoms with Crippen LogP contribution in [0.4, 0.5) is 0 Å². The highest BCUT2D eigenvalue weighted by Crippen LogP contribution is 2.18. The molecule has 2 aromatic rings. The third-order valence-corrected chi connectivity index (χ3v) is 5.63. The van der Waals surface area contributed by atoms with Crippen molar-refractivity contribution >= 4 is 21.4 Å². The molecule has 0 unspecified atom stereocenters. The van der Waals surface area contributed by atoms with Gasteiger partial charge in [-0.1, -0.05) is 0 Å². The van der Waals surface area contributed by atoms with Gasteiger partial charge in [-0.2, -0.15) is 5.10 Å². The molecule has 0 aromatic carbocycles. The predicted octanol–water partition coefficient (Wildman–Crippen LogP) is 1.39. The van der Waals surface area contributed by atoms with Crippen LogP contribution in [-0.4, -0.2) is 24.7 Å². The first-order chi connectivity index (χ1) is 9.92. The molecular weight excluding hydrogens is 308 g/mol. The Morgan fingerprint density at radius 2 is 2.14 bits per heavy atom. The molecule has 0 spiro atoms. The topological polar surface area (TPSA) is 90.0 Å². The van der Waals surface area contributed by atoms with Crippen molar-refractivity contribution in [2.45, 2.75) is 38.3 Å². The molecule has 6 nitrogen and oxygen atoms in total. The van der Waals surface area contributed by atoms with Gasteiger partial charge >= 0.3 is 0 Å². The second kappa shape index (κ2) is 6.69. The van der Waals surface area contributed by atoms with Crippen molar-refractivity contribution in [2.24, 2.45) is 5.73 Å². The third kappa shape index (κ3) is 4.13. The van der Waals surface area contributed by atoms with E-state index in [0.717, 1.165) is 16.3 Å². The number of sulfonamides is 1. The van der Waals surface area contributed by atoms with Crippen LogP contribution in [0.25, 0.3) is 0 Å². The maximum atomic E-state index is 12.1. The zero-order valence-corrected chi connectivity index (χ0v) is 13.8. The SMILES string of the molecule is Cc1cc(C)n(CCCNS(=O)(=O)c2csc(CN)c2)n1. The highest BCUT2D eigenvalue weighted by molar-refractivity contribution is 7.89. The maximum Gasteiger partial charge on any atom is 0.241 e. The van der Waals surface area contributed by atoms with Crippen LogP contribution in [0.5, 0.6) is 0 Å². The molecule has 8 heteroatoms. The van der Waals surface area contributed by atoms with Crippen molar-refractivity contribution < 1.29 is 8.42 Å². The molecule has 2 rings (SSSR count). The first kappa shape index (κ1) is 16.2. The summed E-state index contributed by atoms with van der Waals surface area (Å²) in [5.74, 6) is 0. The highest BCUT2D eigenvalue weighted by atomic mass is 32.2. The van der Waals surface area contributed by atoms with Crippen LogP contribution >= 0.6 is 11.3 Å². The highest BCUT2D eigenvalue weighted by Gasteiger charge is 2.15. The summed E-state index contributed by atoms with van der Waals surface area (Å²) in [7, 11) is -3.43. The summed E-state index contributed by atoms with van der Waals surface area (Å²) in [5.41, 5.74) is 7.55. The van der Waals surface area contributed by atoms with E-state index in [-0.39, 0.29) is 0 Å². The summed E-state index contributed by atoms with van der Waals surface area (Å²) in [6.45, 7) is 5.37. The van der Waals surface area contributed by atoms with Gasteiger partial charge in [-0.05, 0) is 32.4 Å². The number of nitrogens with one attached hydrogen (secondary N) is 1. The van der Waals surface area contributed by atoms with Gasteiger partial charge in [-0.15, -0.1) is 11.3 Å². The molecule has 0 atom stereocenters. The van der Waals surface area contributed by atoms with E-state index in [1.807, 2.05) is 24.6 Å². The molecule has 116 valence electrons. The molecule has 3 N–H and O–H groups in total. The Morgan fingerprint density at radius 1 is 1.38 bits per heavy atom. The van der Waals surface area contributed by atoms with E-state index in [1.165, 1.54) is 11.3 Å². The molecule has 0 saturated carbocycles. The fourth-order valence-electron chi connectivity index (χ4n) is 2.03. The average molecular weight is 328 g/mol. The summed E-state index contributed by atoms with van der Waals surface area (Å²) in [4.78, 5) is 1.15. The zero-order chi connectivity index (χ0) is 15.5. The quantitative estimate of drug-likeness (QED) is 0.752. The van der Waals surface area contributed by atoms with Crippen molar-refractivity contribution in [1.82, 2.24) is 14.5 Å². The second-order valence-corrected chi connectivity index (χ2v) is 7.62. The third-order valence-electron chi connectivity index (χ3n) is 3.08. The van der Waals surface area contributed by atoms with E-state index in [1.54, 1.807) is 11.4 Å². The number of nitrogens with two attached hydrogens (primary N) is 1. The molecule has 0 aliphatic rings. The summed E-state index contributed by atoms with van der Waals surface area (Å²) in [5, 5.41) is 5.96. The number of nitrogens with zero attached hydrogens (tertiary/aromatic N) is 2. The lowest BCUT2D eigenvalue weighted by Crippen LogP contribution is -2.25. The van der Waals surface area contributed by atoms with E-state index in [0.29, 0.717) is 31.0 Å². The number of hydrogen-bond acceptors (Lipinski definition) is 5. The zero-order valence-electron chi connectivity index (χ0n) is 12.2. The van der Waals surface area contributed by atoms with Crippen LogP contribution in [-0.2, 0) is 23.1 Å². The first-order valence-corrected chi connectivity index (χ1v) is 9.07. The van der Waals surface area contributed by atoms with Gasteiger partial charge in [-0.25, -0.2) is 13.1 Å². The van der Waals surface area contributed by atoms with Crippen LogP contribution in [0.1, 0.15) is 22.7 Å². The minimum absolute atomic E-state index is 0.291. The first-order valence-electron chi connectivity index (χ1n) is 6.70. The fraction of sp³-hybridized carbons (Fsp3) is 0.462. The molecular formula is C13H20N4O2S2. The Balaban J connectivity index is 1.86. The lowest BCUT2D eigenvalue weighted by Gasteiger charge is -2.06. The van der Waals surface area contributed by atoms with Crippen molar-refractivity contribution in [1.29, 1.82) is 0 Å². The molecule has 0 fully saturated rings. The number of thiophene rings is 1. The van der Waals surface area contributed by atoms with Gasteiger partial charge in [0, 0.05) is 35.6 Å². The molecule has 2 heterocycles. The lowest BCUT2D eigenvalue weighted by atomic mass is 10.4. The number of rotatable bonds is 7. The van der Waals surface area contributed by atoms with Crippen LogP contribution < -0.4 is 10.5 Å². The number of aromatic nitrogens is 2. The number of aryl methyl sites for hydroxylation is 3. The van der Waals surface area contributed by atoms with Gasteiger partial charge in [0.15, 0.2) is 0 Å². The molecule has 0 bridgehead atoms. The number of hydrogen-bond donors (Lipinski definition) is 2. The van der Waals surface area contributed by atoms with E-state index in [2.05, 4.69) is 9.82 Å². The van der Waals surface area contributed by atoms with Gasteiger partial charge in [-0.3, -0.25) is 4.68 Å². The Bertz CT molecular complexity index is 704. The van der Waals surface area contributed by atoms with Crippen LogP contribution in [0, 0.1) is 13.8 Å². The Kier molecular flexibility index (Phi) is 5.15. The second-order valence-electron chi connectivity index (χ2n) is 4.85. The average Bonchev–Trinajstić information content (AvgIpc) is 3.02.